The molecule has 2 aromatic heterocycles. The molecule has 0 amide bonds. The van der Waals surface area contributed by atoms with Crippen LogP contribution in [0.25, 0.3) is 21.9 Å². The fourth-order valence-corrected chi connectivity index (χ4v) is 4.57. The summed E-state index contributed by atoms with van der Waals surface area (Å²) in [6, 6.07) is 17.6. The highest BCUT2D eigenvalue weighted by Gasteiger charge is 2.18. The summed E-state index contributed by atoms with van der Waals surface area (Å²) in [4.78, 5) is 18.2. The number of ether oxygens (including phenoxy) is 2. The fraction of sp³-hybridized carbons (Fsp3) is 0.185. The van der Waals surface area contributed by atoms with Crippen molar-refractivity contribution in [3.63, 3.8) is 0 Å². The molecule has 0 aliphatic carbocycles. The summed E-state index contributed by atoms with van der Waals surface area (Å²) in [5.41, 5.74) is 3.27. The van der Waals surface area contributed by atoms with Gasteiger partial charge in [0, 0.05) is 23.5 Å². The predicted molar refractivity (Wildman–Crippen MR) is 135 cm³/mol. The van der Waals surface area contributed by atoms with Crippen molar-refractivity contribution in [3.05, 3.63) is 99.3 Å². The standard InChI is InChI=1S/C27H23ClFN3O3/c1-34-23-10-7-17(13-24(23)35-2)11-12-31-16-30-25-20-14-19(29)8-9-22(20)32(26(25)27(31)33)15-18-5-3-4-6-21(18)28/h3-10,13-14,16H,11-12,15H2,1-2H3. The Labute approximate surface area is 206 Å². The van der Waals surface area contributed by atoms with E-state index in [4.69, 9.17) is 21.1 Å². The molecule has 0 fully saturated rings. The zero-order valence-electron chi connectivity index (χ0n) is 19.3. The number of nitrogens with zero attached hydrogens (tertiary/aromatic N) is 3. The van der Waals surface area contributed by atoms with Gasteiger partial charge >= 0.3 is 0 Å². The van der Waals surface area contributed by atoms with Gasteiger partial charge in [0.15, 0.2) is 11.5 Å². The van der Waals surface area contributed by atoms with E-state index in [0.717, 1.165) is 16.6 Å². The van der Waals surface area contributed by atoms with Gasteiger partial charge in [-0.15, -0.1) is 0 Å². The molecule has 0 bridgehead atoms. The summed E-state index contributed by atoms with van der Waals surface area (Å²) in [5, 5.41) is 1.19. The molecule has 6 nitrogen and oxygen atoms in total. The Morgan fingerprint density at radius 3 is 2.57 bits per heavy atom. The second-order valence-corrected chi connectivity index (χ2v) is 8.63. The Hall–Kier alpha value is -3.84. The number of hydrogen-bond donors (Lipinski definition) is 0. The number of halogens is 2. The van der Waals surface area contributed by atoms with Crippen LogP contribution in [0.2, 0.25) is 5.02 Å². The average Bonchev–Trinajstić information content (AvgIpc) is 3.18. The Morgan fingerprint density at radius 1 is 1.00 bits per heavy atom. The fourth-order valence-electron chi connectivity index (χ4n) is 4.38. The Balaban J connectivity index is 1.59. The van der Waals surface area contributed by atoms with Crippen LogP contribution in [0.3, 0.4) is 0 Å². The molecule has 0 N–H and O–H groups in total. The van der Waals surface area contributed by atoms with E-state index in [-0.39, 0.29) is 11.4 Å². The van der Waals surface area contributed by atoms with Crippen LogP contribution in [-0.4, -0.2) is 28.3 Å². The van der Waals surface area contributed by atoms with Crippen LogP contribution in [0.4, 0.5) is 4.39 Å². The minimum Gasteiger partial charge on any atom is -0.493 e. The lowest BCUT2D eigenvalue weighted by atomic mass is 10.1. The van der Waals surface area contributed by atoms with E-state index in [9.17, 15) is 9.18 Å². The molecular formula is C27H23ClFN3O3. The molecule has 2 heterocycles. The van der Waals surface area contributed by atoms with Gasteiger partial charge in [0.25, 0.3) is 5.56 Å². The molecule has 3 aromatic carbocycles. The first-order valence-corrected chi connectivity index (χ1v) is 11.5. The van der Waals surface area contributed by atoms with Gasteiger partial charge in [0.05, 0.1) is 26.1 Å². The number of benzene rings is 3. The summed E-state index contributed by atoms with van der Waals surface area (Å²) >= 11 is 6.41. The van der Waals surface area contributed by atoms with Gasteiger partial charge in [-0.1, -0.05) is 35.9 Å². The number of methoxy groups -OCH3 is 2. The molecule has 0 aliphatic heterocycles. The maximum absolute atomic E-state index is 14.1. The van der Waals surface area contributed by atoms with Gasteiger partial charge in [-0.2, -0.15) is 0 Å². The number of rotatable bonds is 7. The molecule has 35 heavy (non-hydrogen) atoms. The molecule has 0 unspecified atom stereocenters. The lowest BCUT2D eigenvalue weighted by molar-refractivity contribution is 0.354. The Morgan fingerprint density at radius 2 is 1.80 bits per heavy atom. The van der Waals surface area contributed by atoms with E-state index in [1.165, 1.54) is 18.5 Å². The SMILES string of the molecule is COc1ccc(CCn2cnc3c4cc(F)ccc4n(Cc4ccccc4Cl)c3c2=O)cc1OC. The van der Waals surface area contributed by atoms with Crippen molar-refractivity contribution in [2.75, 3.05) is 14.2 Å². The van der Waals surface area contributed by atoms with Gasteiger partial charge in [-0.25, -0.2) is 9.37 Å². The van der Waals surface area contributed by atoms with E-state index >= 15 is 0 Å². The highest BCUT2D eigenvalue weighted by Crippen LogP contribution is 2.29. The lowest BCUT2D eigenvalue weighted by Gasteiger charge is -2.11. The molecule has 5 aromatic rings. The smallest absolute Gasteiger partial charge is 0.277 e. The van der Waals surface area contributed by atoms with Crippen LogP contribution in [-0.2, 0) is 19.5 Å². The zero-order valence-corrected chi connectivity index (χ0v) is 20.1. The molecule has 5 rings (SSSR count). The topological polar surface area (TPSA) is 58.3 Å². The summed E-state index contributed by atoms with van der Waals surface area (Å²) in [5.74, 6) is 0.898. The molecule has 178 valence electrons. The van der Waals surface area contributed by atoms with E-state index in [1.54, 1.807) is 24.9 Å². The van der Waals surface area contributed by atoms with Crippen LogP contribution in [0.5, 0.6) is 11.5 Å². The van der Waals surface area contributed by atoms with E-state index < -0.39 is 0 Å². The number of hydrogen-bond acceptors (Lipinski definition) is 4. The van der Waals surface area contributed by atoms with Crippen molar-refractivity contribution in [1.29, 1.82) is 0 Å². The minimum absolute atomic E-state index is 0.195. The van der Waals surface area contributed by atoms with E-state index in [0.29, 0.717) is 52.5 Å². The molecule has 0 atom stereocenters. The average molecular weight is 492 g/mol. The number of aryl methyl sites for hydroxylation is 2. The van der Waals surface area contributed by atoms with Crippen LogP contribution < -0.4 is 15.0 Å². The van der Waals surface area contributed by atoms with Crippen molar-refractivity contribution in [2.24, 2.45) is 0 Å². The number of aromatic nitrogens is 3. The van der Waals surface area contributed by atoms with Crippen molar-refractivity contribution < 1.29 is 13.9 Å². The quantitative estimate of drug-likeness (QED) is 0.304. The first kappa shape index (κ1) is 22.9. The molecule has 0 spiro atoms. The molecule has 0 aliphatic rings. The highest BCUT2D eigenvalue weighted by atomic mass is 35.5. The summed E-state index contributed by atoms with van der Waals surface area (Å²) < 4.78 is 28.2. The zero-order chi connectivity index (χ0) is 24.5. The predicted octanol–water partition coefficient (Wildman–Crippen LogP) is 5.45. The first-order chi connectivity index (χ1) is 17.0. The molecule has 8 heteroatoms. The van der Waals surface area contributed by atoms with Gasteiger partial charge in [-0.3, -0.25) is 9.36 Å². The van der Waals surface area contributed by atoms with Crippen LogP contribution >= 0.6 is 11.6 Å². The van der Waals surface area contributed by atoms with Gasteiger partial charge in [0.2, 0.25) is 0 Å². The van der Waals surface area contributed by atoms with Crippen LogP contribution in [0, 0.1) is 5.82 Å². The van der Waals surface area contributed by atoms with Gasteiger partial charge < -0.3 is 14.0 Å². The normalized spacial score (nSPS) is 11.3. The Bertz CT molecular complexity index is 1610. The summed E-state index contributed by atoms with van der Waals surface area (Å²) in [6.45, 7) is 0.779. The van der Waals surface area contributed by atoms with Crippen molar-refractivity contribution in [3.8, 4) is 11.5 Å². The third-order valence-corrected chi connectivity index (χ3v) is 6.53. The van der Waals surface area contributed by atoms with Gasteiger partial charge in [0.1, 0.15) is 16.9 Å². The second kappa shape index (κ2) is 9.43. The van der Waals surface area contributed by atoms with Crippen molar-refractivity contribution in [1.82, 2.24) is 14.1 Å². The molecular weight excluding hydrogens is 469 g/mol. The minimum atomic E-state index is -0.381. The second-order valence-electron chi connectivity index (χ2n) is 8.22. The number of fused-ring (bicyclic) bond motifs is 3. The van der Waals surface area contributed by atoms with Crippen LogP contribution in [0.1, 0.15) is 11.1 Å². The monoisotopic (exact) mass is 491 g/mol. The third-order valence-electron chi connectivity index (χ3n) is 6.16. The molecule has 0 saturated carbocycles. The lowest BCUT2D eigenvalue weighted by Crippen LogP contribution is -2.23. The van der Waals surface area contributed by atoms with Gasteiger partial charge in [-0.05, 0) is 53.9 Å². The molecule has 0 radical (unpaired) electrons. The summed E-state index contributed by atoms with van der Waals surface area (Å²) in [6.07, 6.45) is 2.11. The Kier molecular flexibility index (Phi) is 6.17. The van der Waals surface area contributed by atoms with E-state index in [1.807, 2.05) is 47.0 Å². The third kappa shape index (κ3) is 4.23. The van der Waals surface area contributed by atoms with E-state index in [2.05, 4.69) is 4.98 Å². The maximum Gasteiger partial charge on any atom is 0.277 e. The largest absolute Gasteiger partial charge is 0.493 e. The first-order valence-electron chi connectivity index (χ1n) is 11.1. The van der Waals surface area contributed by atoms with Crippen molar-refractivity contribution in [2.45, 2.75) is 19.5 Å². The molecule has 0 saturated heterocycles. The maximum atomic E-state index is 14.1. The van der Waals surface area contributed by atoms with Crippen LogP contribution in [0.15, 0.2) is 71.8 Å². The highest BCUT2D eigenvalue weighted by molar-refractivity contribution is 6.31. The summed E-state index contributed by atoms with van der Waals surface area (Å²) in [7, 11) is 3.18. The van der Waals surface area contributed by atoms with Crippen molar-refractivity contribution >= 4 is 33.5 Å².